The molecule has 0 saturated carbocycles. The lowest BCUT2D eigenvalue weighted by Gasteiger charge is -2.27. The molecule has 0 amide bonds. The van der Waals surface area contributed by atoms with Gasteiger partial charge in [-0.15, -0.1) is 0 Å². The fourth-order valence-corrected chi connectivity index (χ4v) is 4.52. The van der Waals surface area contributed by atoms with E-state index in [0.29, 0.717) is 12.2 Å². The van der Waals surface area contributed by atoms with Crippen LogP contribution in [-0.2, 0) is 16.7 Å². The van der Waals surface area contributed by atoms with Gasteiger partial charge >= 0.3 is 0 Å². The van der Waals surface area contributed by atoms with Crippen LogP contribution in [0.4, 0.5) is 11.4 Å². The fourth-order valence-electron chi connectivity index (χ4n) is 3.85. The third kappa shape index (κ3) is 5.06. The number of fused-ring (bicyclic) bond motifs is 1. The van der Waals surface area contributed by atoms with Crippen molar-refractivity contribution in [3.05, 3.63) is 54.1 Å². The van der Waals surface area contributed by atoms with Crippen LogP contribution in [0.5, 0.6) is 0 Å². The van der Waals surface area contributed by atoms with Crippen molar-refractivity contribution in [3.63, 3.8) is 0 Å². The number of anilines is 2. The predicted octanol–water partition coefficient (Wildman–Crippen LogP) is 5.44. The molecule has 0 spiro atoms. The molecular weight excluding hydrogens is 372 g/mol. The average Bonchev–Trinajstić information content (AvgIpc) is 3.02. The van der Waals surface area contributed by atoms with Gasteiger partial charge in [-0.25, -0.2) is 0 Å². The Morgan fingerprint density at radius 3 is 2.39 bits per heavy atom. The van der Waals surface area contributed by atoms with Crippen LogP contribution in [0.25, 0.3) is 0 Å². The summed E-state index contributed by atoms with van der Waals surface area (Å²) in [6, 6.07) is 15.2. The van der Waals surface area contributed by atoms with Gasteiger partial charge in [0.15, 0.2) is 0 Å². The quantitative estimate of drug-likeness (QED) is 0.409. The van der Waals surface area contributed by atoms with Crippen molar-refractivity contribution in [2.75, 3.05) is 10.2 Å². The molecule has 0 aromatic heterocycles. The van der Waals surface area contributed by atoms with E-state index < -0.39 is 10.1 Å². The second kappa shape index (κ2) is 9.43. The maximum absolute atomic E-state index is 11.8. The van der Waals surface area contributed by atoms with Gasteiger partial charge in [-0.1, -0.05) is 75.4 Å². The second-order valence-electron chi connectivity index (χ2n) is 7.46. The molecule has 5 nitrogen and oxygen atoms in total. The highest BCUT2D eigenvalue weighted by Crippen LogP contribution is 2.41. The maximum Gasteiger partial charge on any atom is 0.296 e. The number of nitrogens with one attached hydrogen (secondary N) is 1. The standard InChI is InChI=1S/C22H30N2O3S/c1-2-3-4-5-6-10-16-21-23-22-19(14-11-15-20(22)28(25,26)27)24(21)17-18-12-8-7-9-13-18/h7-9,11-15,21,23H,2-6,10,16-17H2,1H3,(H,25,26,27). The lowest BCUT2D eigenvalue weighted by atomic mass is 10.1. The average molecular weight is 403 g/mol. The Morgan fingerprint density at radius 1 is 0.964 bits per heavy atom. The fraction of sp³-hybridized carbons (Fsp3) is 0.455. The second-order valence-corrected chi connectivity index (χ2v) is 8.85. The monoisotopic (exact) mass is 402 g/mol. The molecular formula is C22H30N2O3S. The van der Waals surface area contributed by atoms with E-state index in [1.807, 2.05) is 24.3 Å². The van der Waals surface area contributed by atoms with Crippen LogP contribution in [-0.4, -0.2) is 19.1 Å². The smallest absolute Gasteiger partial charge is 0.296 e. The Labute approximate surface area is 168 Å². The van der Waals surface area contributed by atoms with Crippen LogP contribution >= 0.6 is 0 Å². The van der Waals surface area contributed by atoms with Gasteiger partial charge in [-0.3, -0.25) is 4.55 Å². The normalized spacial score (nSPS) is 16.1. The van der Waals surface area contributed by atoms with Crippen molar-refractivity contribution >= 4 is 21.5 Å². The zero-order valence-corrected chi connectivity index (χ0v) is 17.3. The molecule has 2 aromatic rings. The number of rotatable bonds is 10. The first-order chi connectivity index (χ1) is 13.5. The van der Waals surface area contributed by atoms with Gasteiger partial charge in [0.2, 0.25) is 0 Å². The number of hydrogen-bond donors (Lipinski definition) is 2. The van der Waals surface area contributed by atoms with E-state index in [-0.39, 0.29) is 11.1 Å². The van der Waals surface area contributed by atoms with E-state index in [2.05, 4.69) is 29.3 Å². The zero-order valence-electron chi connectivity index (χ0n) is 16.5. The van der Waals surface area contributed by atoms with Crippen LogP contribution in [0.2, 0.25) is 0 Å². The molecule has 152 valence electrons. The molecule has 1 atom stereocenters. The topological polar surface area (TPSA) is 69.6 Å². The van der Waals surface area contributed by atoms with Crippen LogP contribution in [0.3, 0.4) is 0 Å². The van der Waals surface area contributed by atoms with Crippen LogP contribution < -0.4 is 10.2 Å². The summed E-state index contributed by atoms with van der Waals surface area (Å²) in [5, 5.41) is 3.37. The van der Waals surface area contributed by atoms with Crippen LogP contribution in [0.1, 0.15) is 57.4 Å². The van der Waals surface area contributed by atoms with Gasteiger partial charge < -0.3 is 10.2 Å². The highest BCUT2D eigenvalue weighted by Gasteiger charge is 2.32. The Bertz CT molecular complexity index is 869. The van der Waals surface area contributed by atoms with E-state index in [9.17, 15) is 13.0 Å². The molecule has 2 N–H and O–H groups in total. The summed E-state index contributed by atoms with van der Waals surface area (Å²) < 4.78 is 33.3. The van der Waals surface area contributed by atoms with Gasteiger partial charge in [0.05, 0.1) is 17.5 Å². The predicted molar refractivity (Wildman–Crippen MR) is 114 cm³/mol. The molecule has 1 aliphatic rings. The Kier molecular flexibility index (Phi) is 6.97. The van der Waals surface area contributed by atoms with Crippen molar-refractivity contribution in [1.82, 2.24) is 0 Å². The Balaban J connectivity index is 1.78. The largest absolute Gasteiger partial charge is 0.362 e. The Morgan fingerprint density at radius 2 is 1.68 bits per heavy atom. The van der Waals surface area contributed by atoms with E-state index >= 15 is 0 Å². The molecule has 0 bridgehead atoms. The van der Waals surface area contributed by atoms with Crippen LogP contribution in [0, 0.1) is 0 Å². The first kappa shape index (κ1) is 20.7. The summed E-state index contributed by atoms with van der Waals surface area (Å²) in [7, 11) is -4.27. The first-order valence-electron chi connectivity index (χ1n) is 10.2. The molecule has 0 radical (unpaired) electrons. The highest BCUT2D eigenvalue weighted by atomic mass is 32.2. The lowest BCUT2D eigenvalue weighted by molar-refractivity contribution is 0.483. The summed E-state index contributed by atoms with van der Waals surface area (Å²) in [6.07, 6.45) is 8.24. The van der Waals surface area contributed by atoms with E-state index in [0.717, 1.165) is 18.5 Å². The van der Waals surface area contributed by atoms with Crippen LogP contribution in [0.15, 0.2) is 53.4 Å². The third-order valence-corrected chi connectivity index (χ3v) is 6.20. The summed E-state index contributed by atoms with van der Waals surface area (Å²) in [5.41, 5.74) is 2.51. The van der Waals surface area contributed by atoms with Gasteiger partial charge in [0.25, 0.3) is 10.1 Å². The Hall–Kier alpha value is -2.05. The SMILES string of the molecule is CCCCCCCCC1Nc2c(cccc2S(=O)(=O)O)N1Cc1ccccc1. The van der Waals surface area contributed by atoms with E-state index in [4.69, 9.17) is 0 Å². The molecule has 6 heteroatoms. The minimum absolute atomic E-state index is 0.0179. The molecule has 1 heterocycles. The molecule has 0 saturated heterocycles. The molecule has 28 heavy (non-hydrogen) atoms. The maximum atomic E-state index is 11.8. The van der Waals surface area contributed by atoms with E-state index in [1.54, 1.807) is 6.07 Å². The molecule has 0 fully saturated rings. The van der Waals surface area contributed by atoms with Crippen molar-refractivity contribution in [2.45, 2.75) is 69.5 Å². The highest BCUT2D eigenvalue weighted by molar-refractivity contribution is 7.86. The summed E-state index contributed by atoms with van der Waals surface area (Å²) in [5.74, 6) is 0. The van der Waals surface area contributed by atoms with E-state index in [1.165, 1.54) is 43.7 Å². The minimum atomic E-state index is -4.27. The number of unbranched alkanes of at least 4 members (excludes halogenated alkanes) is 5. The van der Waals surface area contributed by atoms with Gasteiger partial charge in [0.1, 0.15) is 4.90 Å². The molecule has 1 aliphatic heterocycles. The number of nitrogens with zero attached hydrogens (tertiary/aromatic N) is 1. The number of benzene rings is 2. The molecule has 0 aliphatic carbocycles. The van der Waals surface area contributed by atoms with Gasteiger partial charge in [0, 0.05) is 6.54 Å². The van der Waals surface area contributed by atoms with Crippen molar-refractivity contribution in [1.29, 1.82) is 0 Å². The zero-order chi connectivity index (χ0) is 20.0. The summed E-state index contributed by atoms with van der Waals surface area (Å²) in [6.45, 7) is 2.91. The van der Waals surface area contributed by atoms with Crippen molar-refractivity contribution < 1.29 is 13.0 Å². The lowest BCUT2D eigenvalue weighted by Crippen LogP contribution is -2.35. The summed E-state index contributed by atoms with van der Waals surface area (Å²) >= 11 is 0. The number of hydrogen-bond acceptors (Lipinski definition) is 4. The summed E-state index contributed by atoms with van der Waals surface area (Å²) in [4.78, 5) is 2.17. The molecule has 2 aromatic carbocycles. The van der Waals surface area contributed by atoms with Gasteiger partial charge in [-0.2, -0.15) is 8.42 Å². The first-order valence-corrected chi connectivity index (χ1v) is 11.6. The molecule has 1 unspecified atom stereocenters. The number of para-hydroxylation sites is 1. The minimum Gasteiger partial charge on any atom is -0.362 e. The van der Waals surface area contributed by atoms with Gasteiger partial charge in [-0.05, 0) is 30.5 Å². The molecule has 3 rings (SSSR count). The third-order valence-electron chi connectivity index (χ3n) is 5.31. The van der Waals surface area contributed by atoms with Crippen molar-refractivity contribution in [2.24, 2.45) is 0 Å². The van der Waals surface area contributed by atoms with Crippen molar-refractivity contribution in [3.8, 4) is 0 Å².